The maximum atomic E-state index is 12.3. The number of carbonyl (C=O) groups is 2. The van der Waals surface area contributed by atoms with Crippen LogP contribution < -0.4 is 10.6 Å². The van der Waals surface area contributed by atoms with Crippen molar-refractivity contribution in [3.05, 3.63) is 29.8 Å². The van der Waals surface area contributed by atoms with Crippen LogP contribution in [0.15, 0.2) is 24.3 Å². The number of amides is 3. The van der Waals surface area contributed by atoms with Gasteiger partial charge in [-0.1, -0.05) is 24.6 Å². The quantitative estimate of drug-likeness (QED) is 0.827. The number of hydrogen-bond acceptors (Lipinski definition) is 4. The molecule has 1 atom stereocenters. The Bertz CT molecular complexity index is 646. The summed E-state index contributed by atoms with van der Waals surface area (Å²) in [5, 5.41) is 5.83. The predicted octanol–water partition coefficient (Wildman–Crippen LogP) is 2.04. The average molecular weight is 374 g/mol. The molecule has 0 saturated carbocycles. The summed E-state index contributed by atoms with van der Waals surface area (Å²) in [4.78, 5) is 28.0. The molecule has 27 heavy (non-hydrogen) atoms. The summed E-state index contributed by atoms with van der Waals surface area (Å²) in [6.45, 7) is 6.66. The molecule has 3 amide bonds. The second-order valence-corrected chi connectivity index (χ2v) is 7.29. The van der Waals surface area contributed by atoms with Gasteiger partial charge in [0.2, 0.25) is 5.91 Å². The number of nitrogens with one attached hydrogen (secondary N) is 2. The van der Waals surface area contributed by atoms with Crippen LogP contribution in [0.5, 0.6) is 0 Å². The van der Waals surface area contributed by atoms with E-state index in [1.54, 1.807) is 11.8 Å². The highest BCUT2D eigenvalue weighted by Gasteiger charge is 2.22. The third-order valence-corrected chi connectivity index (χ3v) is 5.18. The monoisotopic (exact) mass is 374 g/mol. The van der Waals surface area contributed by atoms with Crippen LogP contribution in [-0.4, -0.2) is 67.2 Å². The summed E-state index contributed by atoms with van der Waals surface area (Å²) in [5.74, 6) is 0.0411. The number of hydrogen-bond donors (Lipinski definition) is 2. The molecule has 1 aromatic carbocycles. The molecule has 0 unspecified atom stereocenters. The van der Waals surface area contributed by atoms with Crippen LogP contribution in [0, 0.1) is 0 Å². The Kier molecular flexibility index (Phi) is 7.06. The topological polar surface area (TPSA) is 73.9 Å². The van der Waals surface area contributed by atoms with Crippen LogP contribution in [0.1, 0.15) is 31.7 Å². The Hall–Kier alpha value is -2.12. The van der Waals surface area contributed by atoms with E-state index in [1.807, 2.05) is 18.2 Å². The molecule has 0 bridgehead atoms. The van der Waals surface area contributed by atoms with Crippen LogP contribution >= 0.6 is 0 Å². The number of anilines is 1. The van der Waals surface area contributed by atoms with Crippen molar-refractivity contribution in [1.29, 1.82) is 0 Å². The van der Waals surface area contributed by atoms with E-state index >= 15 is 0 Å². The number of ether oxygens (including phenoxy) is 1. The largest absolute Gasteiger partial charge is 0.373 e. The molecule has 7 nitrogen and oxygen atoms in total. The van der Waals surface area contributed by atoms with E-state index in [0.29, 0.717) is 26.2 Å². The summed E-state index contributed by atoms with van der Waals surface area (Å²) < 4.78 is 5.64. The minimum Gasteiger partial charge on any atom is -0.373 e. The molecule has 0 radical (unpaired) electrons. The number of piperidine rings is 1. The molecule has 7 heteroatoms. The highest BCUT2D eigenvalue weighted by Crippen LogP contribution is 2.19. The zero-order chi connectivity index (χ0) is 19.1. The lowest BCUT2D eigenvalue weighted by atomic mass is 10.1. The highest BCUT2D eigenvalue weighted by atomic mass is 16.5. The molecule has 2 aliphatic rings. The van der Waals surface area contributed by atoms with Gasteiger partial charge in [-0.3, -0.25) is 9.69 Å². The zero-order valence-corrected chi connectivity index (χ0v) is 16.1. The molecule has 1 aromatic rings. The summed E-state index contributed by atoms with van der Waals surface area (Å²) in [5.41, 5.74) is 1.97. The van der Waals surface area contributed by atoms with E-state index in [0.717, 1.165) is 30.9 Å². The highest BCUT2D eigenvalue weighted by molar-refractivity contribution is 5.90. The molecule has 2 aliphatic heterocycles. The number of rotatable bonds is 5. The summed E-state index contributed by atoms with van der Waals surface area (Å²) in [7, 11) is 0. The Labute approximate surface area is 161 Å². The number of para-hydroxylation sites is 1. The molecule has 0 aliphatic carbocycles. The van der Waals surface area contributed by atoms with Gasteiger partial charge in [0.1, 0.15) is 0 Å². The molecule has 0 aromatic heterocycles. The second kappa shape index (κ2) is 9.71. The Morgan fingerprint density at radius 3 is 2.70 bits per heavy atom. The lowest BCUT2D eigenvalue weighted by molar-refractivity contribution is -0.136. The molecule has 3 rings (SSSR count). The summed E-state index contributed by atoms with van der Waals surface area (Å²) in [6, 6.07) is 7.70. The van der Waals surface area contributed by atoms with E-state index in [9.17, 15) is 9.59 Å². The van der Waals surface area contributed by atoms with Crippen molar-refractivity contribution in [3.8, 4) is 0 Å². The fourth-order valence-electron chi connectivity index (χ4n) is 3.64. The van der Waals surface area contributed by atoms with E-state index in [2.05, 4.69) is 21.6 Å². The lowest BCUT2D eigenvalue weighted by Crippen LogP contribution is -2.49. The molecule has 148 valence electrons. The number of morpholine rings is 1. The van der Waals surface area contributed by atoms with Crippen LogP contribution in [0.25, 0.3) is 0 Å². The van der Waals surface area contributed by atoms with Crippen molar-refractivity contribution < 1.29 is 14.3 Å². The number of carbonyl (C=O) groups excluding carboxylic acids is 2. The third-order valence-electron chi connectivity index (χ3n) is 5.18. The first-order valence-corrected chi connectivity index (χ1v) is 9.84. The molecule has 2 fully saturated rings. The minimum absolute atomic E-state index is 0.0411. The number of likely N-dealkylation sites (tertiary alicyclic amines) is 1. The SMILES string of the molecule is CC(=O)N1CCO[C@@H](CNC(=O)Nc2ccccc2CN2CCCCC2)C1. The third kappa shape index (κ3) is 5.94. The van der Waals surface area contributed by atoms with Crippen LogP contribution in [0.4, 0.5) is 10.5 Å². The minimum atomic E-state index is -0.246. The van der Waals surface area contributed by atoms with E-state index in [4.69, 9.17) is 4.74 Å². The van der Waals surface area contributed by atoms with Crippen LogP contribution in [0.2, 0.25) is 0 Å². The predicted molar refractivity (Wildman–Crippen MR) is 105 cm³/mol. The summed E-state index contributed by atoms with van der Waals surface area (Å²) >= 11 is 0. The van der Waals surface area contributed by atoms with Crippen molar-refractivity contribution >= 4 is 17.6 Å². The van der Waals surface area contributed by atoms with Gasteiger partial charge >= 0.3 is 6.03 Å². The Morgan fingerprint density at radius 2 is 1.93 bits per heavy atom. The standard InChI is InChI=1S/C20H30N4O3/c1-16(25)24-11-12-27-18(15-24)13-21-20(26)22-19-8-4-3-7-17(19)14-23-9-5-2-6-10-23/h3-4,7-8,18H,2,5-6,9-15H2,1H3,(H2,21,22,26)/t18-/m0/s1. The number of benzene rings is 1. The average Bonchev–Trinajstić information content (AvgIpc) is 2.69. The van der Waals surface area contributed by atoms with Gasteiger partial charge in [0.05, 0.1) is 12.7 Å². The van der Waals surface area contributed by atoms with Crippen molar-refractivity contribution in [3.63, 3.8) is 0 Å². The molecule has 2 saturated heterocycles. The van der Waals surface area contributed by atoms with Gasteiger partial charge in [-0.05, 0) is 37.6 Å². The maximum Gasteiger partial charge on any atom is 0.319 e. The fraction of sp³-hybridized carbons (Fsp3) is 0.600. The van der Waals surface area contributed by atoms with Gasteiger partial charge in [0.25, 0.3) is 0 Å². The molecule has 2 heterocycles. The maximum absolute atomic E-state index is 12.3. The van der Waals surface area contributed by atoms with Gasteiger partial charge in [-0.15, -0.1) is 0 Å². The van der Waals surface area contributed by atoms with Gasteiger partial charge in [0.15, 0.2) is 0 Å². The van der Waals surface area contributed by atoms with Gasteiger partial charge in [-0.2, -0.15) is 0 Å². The Morgan fingerprint density at radius 1 is 1.15 bits per heavy atom. The van der Waals surface area contributed by atoms with Crippen molar-refractivity contribution in [2.45, 2.75) is 38.8 Å². The van der Waals surface area contributed by atoms with Crippen molar-refractivity contribution in [2.75, 3.05) is 44.6 Å². The molecule has 0 spiro atoms. The second-order valence-electron chi connectivity index (χ2n) is 7.29. The van der Waals surface area contributed by atoms with Crippen LogP contribution in [-0.2, 0) is 16.1 Å². The van der Waals surface area contributed by atoms with Crippen molar-refractivity contribution in [1.82, 2.24) is 15.1 Å². The van der Waals surface area contributed by atoms with Gasteiger partial charge in [-0.25, -0.2) is 4.79 Å². The van der Waals surface area contributed by atoms with Crippen molar-refractivity contribution in [2.24, 2.45) is 0 Å². The lowest BCUT2D eigenvalue weighted by Gasteiger charge is -2.32. The normalized spacial score (nSPS) is 20.9. The van der Waals surface area contributed by atoms with Gasteiger partial charge < -0.3 is 20.3 Å². The van der Waals surface area contributed by atoms with Crippen LogP contribution in [0.3, 0.4) is 0 Å². The number of urea groups is 1. The molecular weight excluding hydrogens is 344 g/mol. The smallest absolute Gasteiger partial charge is 0.319 e. The fourth-order valence-corrected chi connectivity index (χ4v) is 3.64. The first-order chi connectivity index (χ1) is 13.1. The zero-order valence-electron chi connectivity index (χ0n) is 16.1. The first-order valence-electron chi connectivity index (χ1n) is 9.84. The first kappa shape index (κ1) is 19.6. The van der Waals surface area contributed by atoms with Gasteiger partial charge in [0, 0.05) is 38.8 Å². The Balaban J connectivity index is 1.49. The van der Waals surface area contributed by atoms with E-state index in [-0.39, 0.29) is 18.0 Å². The summed E-state index contributed by atoms with van der Waals surface area (Å²) in [6.07, 6.45) is 3.63. The molecule has 2 N–H and O–H groups in total. The van der Waals surface area contributed by atoms with E-state index in [1.165, 1.54) is 19.3 Å². The van der Waals surface area contributed by atoms with E-state index < -0.39 is 0 Å². The molecular formula is C20H30N4O3. The number of nitrogens with zero attached hydrogens (tertiary/aromatic N) is 2.